The molecule has 1 saturated carbocycles. The summed E-state index contributed by atoms with van der Waals surface area (Å²) in [4.78, 5) is 28.1. The van der Waals surface area contributed by atoms with Crippen LogP contribution in [0.2, 0.25) is 5.02 Å². The number of amides is 2. The molecule has 3 aromatic rings. The summed E-state index contributed by atoms with van der Waals surface area (Å²) in [7, 11) is 1.92. The van der Waals surface area contributed by atoms with E-state index in [0.29, 0.717) is 11.6 Å². The fourth-order valence-corrected chi connectivity index (χ4v) is 7.58. The van der Waals surface area contributed by atoms with Gasteiger partial charge in [-0.25, -0.2) is 0 Å². The first-order chi connectivity index (χ1) is 16.9. The van der Waals surface area contributed by atoms with E-state index < -0.39 is 0 Å². The molecule has 2 aliphatic heterocycles. The highest BCUT2D eigenvalue weighted by Gasteiger charge is 2.72. The normalized spacial score (nSPS) is 26.2. The van der Waals surface area contributed by atoms with E-state index in [1.807, 2.05) is 50.7 Å². The molecule has 7 nitrogen and oxygen atoms in total. The number of piperidine rings is 1. The zero-order valence-corrected chi connectivity index (χ0v) is 23.0. The van der Waals surface area contributed by atoms with Crippen molar-refractivity contribution in [3.05, 3.63) is 33.7 Å². The Bertz CT molecular complexity index is 1410. The molecule has 6 rings (SSSR count). The average Bonchev–Trinajstić information content (AvgIpc) is 3.16. The fourth-order valence-electron chi connectivity index (χ4n) is 6.13. The van der Waals surface area contributed by atoms with Crippen molar-refractivity contribution in [2.45, 2.75) is 59.2 Å². The highest BCUT2D eigenvalue weighted by atomic mass is 35.5. The van der Waals surface area contributed by atoms with Crippen molar-refractivity contribution in [3.8, 4) is 17.0 Å². The quantitative estimate of drug-likeness (QED) is 0.477. The van der Waals surface area contributed by atoms with Crippen molar-refractivity contribution in [1.29, 1.82) is 0 Å². The lowest BCUT2D eigenvalue weighted by Gasteiger charge is -2.29. The summed E-state index contributed by atoms with van der Waals surface area (Å²) in [6.45, 7) is 11.6. The molecule has 2 aromatic heterocycles. The highest BCUT2D eigenvalue weighted by Crippen LogP contribution is 2.63. The van der Waals surface area contributed by atoms with Gasteiger partial charge >= 0.3 is 0 Å². The van der Waals surface area contributed by atoms with Gasteiger partial charge in [0.2, 0.25) is 11.8 Å². The van der Waals surface area contributed by atoms with Crippen LogP contribution < -0.4 is 10.1 Å². The Hall–Kier alpha value is -2.42. The lowest BCUT2D eigenvalue weighted by Crippen LogP contribution is -2.44. The predicted molar refractivity (Wildman–Crippen MR) is 141 cm³/mol. The third kappa shape index (κ3) is 3.45. The molecule has 2 saturated heterocycles. The van der Waals surface area contributed by atoms with Gasteiger partial charge in [0.15, 0.2) is 0 Å². The maximum absolute atomic E-state index is 12.9. The number of aryl methyl sites for hydroxylation is 2. The first-order valence-corrected chi connectivity index (χ1v) is 13.6. The van der Waals surface area contributed by atoms with Crippen LogP contribution in [0.1, 0.15) is 44.6 Å². The van der Waals surface area contributed by atoms with Crippen molar-refractivity contribution in [2.24, 2.45) is 24.3 Å². The molecule has 0 bridgehead atoms. The number of fused-ring (bicyclic) bond motifs is 2. The Morgan fingerprint density at radius 3 is 2.50 bits per heavy atom. The molecule has 4 heterocycles. The third-order valence-corrected chi connectivity index (χ3v) is 9.65. The monoisotopic (exact) mass is 526 g/mol. The lowest BCUT2D eigenvalue weighted by atomic mass is 9.99. The second-order valence-corrected chi connectivity index (χ2v) is 13.2. The molecule has 36 heavy (non-hydrogen) atoms. The molecule has 3 aliphatic rings. The van der Waals surface area contributed by atoms with Crippen molar-refractivity contribution < 1.29 is 14.3 Å². The number of ether oxygens (including phenoxy) is 1. The van der Waals surface area contributed by atoms with Crippen molar-refractivity contribution in [1.82, 2.24) is 20.0 Å². The van der Waals surface area contributed by atoms with Gasteiger partial charge in [-0.05, 0) is 62.9 Å². The van der Waals surface area contributed by atoms with Gasteiger partial charge in [-0.2, -0.15) is 5.10 Å². The third-order valence-electron chi connectivity index (χ3n) is 8.31. The van der Waals surface area contributed by atoms with Crippen LogP contribution in [0.25, 0.3) is 21.5 Å². The zero-order valence-electron chi connectivity index (χ0n) is 21.4. The van der Waals surface area contributed by atoms with Gasteiger partial charge < -0.3 is 10.1 Å². The minimum absolute atomic E-state index is 0.0293. The summed E-state index contributed by atoms with van der Waals surface area (Å²) in [5, 5.41) is 8.92. The summed E-state index contributed by atoms with van der Waals surface area (Å²) < 4.78 is 9.52. The number of thiophene rings is 1. The maximum atomic E-state index is 12.9. The second-order valence-electron chi connectivity index (χ2n) is 11.6. The summed E-state index contributed by atoms with van der Waals surface area (Å²) in [6.07, 6.45) is 0.955. The number of nitrogens with zero attached hydrogens (tertiary/aromatic N) is 3. The average molecular weight is 527 g/mol. The Morgan fingerprint density at radius 2 is 1.86 bits per heavy atom. The van der Waals surface area contributed by atoms with Gasteiger partial charge in [-0.1, -0.05) is 25.4 Å². The Kier molecular flexibility index (Phi) is 5.18. The summed E-state index contributed by atoms with van der Waals surface area (Å²) in [6, 6.07) is 5.86. The van der Waals surface area contributed by atoms with Gasteiger partial charge in [-0.15, -0.1) is 11.3 Å². The van der Waals surface area contributed by atoms with Crippen LogP contribution in [0.5, 0.6) is 5.75 Å². The number of rotatable bonds is 5. The summed E-state index contributed by atoms with van der Waals surface area (Å²) in [5.74, 6) is 0.385. The van der Waals surface area contributed by atoms with Crippen molar-refractivity contribution in [2.75, 3.05) is 6.54 Å². The van der Waals surface area contributed by atoms with Crippen LogP contribution in [0.4, 0.5) is 0 Å². The van der Waals surface area contributed by atoms with E-state index in [1.165, 1.54) is 4.90 Å². The Balaban J connectivity index is 1.37. The molecule has 1 N–H and O–H groups in total. The van der Waals surface area contributed by atoms with Crippen LogP contribution in [0.15, 0.2) is 18.2 Å². The molecule has 0 spiro atoms. The predicted octanol–water partition coefficient (Wildman–Crippen LogP) is 4.92. The number of carbonyl (C=O) groups excluding carboxylic acids is 2. The number of nitrogens with one attached hydrogen (secondary N) is 1. The SMILES string of the molecule is Cc1cc(Cl)cc(-c2c3sc(CN4C(=O)C5C(C4=O)C5(C)C)cc3nn2C)c1OC1CCNC1(C)C. The van der Waals surface area contributed by atoms with Gasteiger partial charge in [0, 0.05) is 28.0 Å². The smallest absolute Gasteiger partial charge is 0.234 e. The standard InChI is InChI=1S/C27H31ClN4O3S/c1-13-9-14(28)10-16(22(13)35-18-7-8-29-27(18,4)5)21-23-17(30-31(21)6)11-15(36-23)12-32-24(33)19-20(25(32)34)26(19,2)3/h9-11,18-20,29H,7-8,12H2,1-6H3. The number of benzene rings is 1. The summed E-state index contributed by atoms with van der Waals surface area (Å²) >= 11 is 8.10. The lowest BCUT2D eigenvalue weighted by molar-refractivity contribution is -0.143. The number of hydrogen-bond acceptors (Lipinski definition) is 6. The van der Waals surface area contributed by atoms with Gasteiger partial charge in [0.25, 0.3) is 0 Å². The minimum Gasteiger partial charge on any atom is -0.487 e. The number of likely N-dealkylation sites (tertiary alicyclic amines) is 1. The molecular formula is C27H31ClN4O3S. The van der Waals surface area contributed by atoms with Crippen LogP contribution in [-0.2, 0) is 23.2 Å². The number of halogens is 1. The van der Waals surface area contributed by atoms with E-state index >= 15 is 0 Å². The highest BCUT2D eigenvalue weighted by molar-refractivity contribution is 7.19. The van der Waals surface area contributed by atoms with E-state index in [1.54, 1.807) is 11.3 Å². The van der Waals surface area contributed by atoms with E-state index in [4.69, 9.17) is 21.4 Å². The molecule has 3 atom stereocenters. The zero-order chi connectivity index (χ0) is 25.7. The van der Waals surface area contributed by atoms with Crippen LogP contribution in [0.3, 0.4) is 0 Å². The first kappa shape index (κ1) is 23.9. The van der Waals surface area contributed by atoms with E-state index in [0.717, 1.165) is 50.6 Å². The number of imide groups is 1. The van der Waals surface area contributed by atoms with Crippen LogP contribution in [0, 0.1) is 24.2 Å². The number of carbonyl (C=O) groups is 2. The largest absolute Gasteiger partial charge is 0.487 e. The second kappa shape index (κ2) is 7.79. The molecule has 3 unspecified atom stereocenters. The number of hydrogen-bond donors (Lipinski definition) is 1. The minimum atomic E-state index is -0.203. The van der Waals surface area contributed by atoms with Gasteiger partial charge in [-0.3, -0.25) is 19.2 Å². The Morgan fingerprint density at radius 1 is 1.17 bits per heavy atom. The molecule has 2 amide bonds. The maximum Gasteiger partial charge on any atom is 0.234 e. The molecule has 190 valence electrons. The van der Waals surface area contributed by atoms with E-state index in [-0.39, 0.29) is 40.7 Å². The van der Waals surface area contributed by atoms with Crippen LogP contribution in [-0.4, -0.2) is 44.7 Å². The molecule has 1 aliphatic carbocycles. The topological polar surface area (TPSA) is 76.5 Å². The Labute approximate surface area is 219 Å². The summed E-state index contributed by atoms with van der Waals surface area (Å²) in [5.41, 5.74) is 3.30. The molecular weight excluding hydrogens is 496 g/mol. The molecule has 1 aromatic carbocycles. The molecule has 9 heteroatoms. The van der Waals surface area contributed by atoms with E-state index in [9.17, 15) is 9.59 Å². The van der Waals surface area contributed by atoms with E-state index in [2.05, 4.69) is 19.2 Å². The van der Waals surface area contributed by atoms with Gasteiger partial charge in [0.05, 0.1) is 28.8 Å². The first-order valence-electron chi connectivity index (χ1n) is 12.4. The van der Waals surface area contributed by atoms with Gasteiger partial charge in [0.1, 0.15) is 17.4 Å². The fraction of sp³-hybridized carbons (Fsp3) is 0.519. The van der Waals surface area contributed by atoms with Crippen LogP contribution >= 0.6 is 22.9 Å². The number of aromatic nitrogens is 2. The van der Waals surface area contributed by atoms with Crippen molar-refractivity contribution in [3.63, 3.8) is 0 Å². The molecule has 0 radical (unpaired) electrons. The van der Waals surface area contributed by atoms with Crippen molar-refractivity contribution >= 4 is 45.0 Å². The molecule has 3 fully saturated rings.